The van der Waals surface area contributed by atoms with E-state index in [0.29, 0.717) is 16.2 Å². The second-order valence-electron chi connectivity index (χ2n) is 6.18. The Kier molecular flexibility index (Phi) is 5.05. The predicted octanol–water partition coefficient (Wildman–Crippen LogP) is 3.78. The van der Waals surface area contributed by atoms with Crippen molar-refractivity contribution in [2.45, 2.75) is 13.0 Å². The van der Waals surface area contributed by atoms with Crippen LogP contribution in [-0.2, 0) is 4.74 Å². The zero-order chi connectivity index (χ0) is 19.5. The number of hydrogen-bond acceptors (Lipinski definition) is 7. The van der Waals surface area contributed by atoms with Crippen molar-refractivity contribution >= 4 is 33.3 Å². The lowest BCUT2D eigenvalue weighted by Crippen LogP contribution is -2.14. The Bertz CT molecular complexity index is 1130. The molecule has 3 heterocycles. The molecule has 3 aromatic heterocycles. The van der Waals surface area contributed by atoms with E-state index in [1.807, 2.05) is 30.5 Å². The number of carbonyl (C=O) groups is 1. The fourth-order valence-corrected chi connectivity index (χ4v) is 3.71. The number of aryl methyl sites for hydroxylation is 1. The largest absolute Gasteiger partial charge is 0.372 e. The summed E-state index contributed by atoms with van der Waals surface area (Å²) in [6.45, 7) is 1.88. The predicted molar refractivity (Wildman–Crippen MR) is 107 cm³/mol. The molecule has 1 atom stereocenters. The van der Waals surface area contributed by atoms with Crippen molar-refractivity contribution in [3.05, 3.63) is 76.9 Å². The molecule has 1 aromatic carbocycles. The van der Waals surface area contributed by atoms with Crippen LogP contribution in [0.3, 0.4) is 0 Å². The van der Waals surface area contributed by atoms with Crippen molar-refractivity contribution in [3.63, 3.8) is 0 Å². The van der Waals surface area contributed by atoms with Crippen molar-refractivity contribution in [1.82, 2.24) is 19.9 Å². The lowest BCUT2D eigenvalue weighted by molar-refractivity contribution is 0.102. The minimum absolute atomic E-state index is 0.265. The minimum atomic E-state index is -0.403. The first-order valence-electron chi connectivity index (χ1n) is 8.55. The fraction of sp³-hybridized carbons (Fsp3) is 0.150. The van der Waals surface area contributed by atoms with E-state index in [4.69, 9.17) is 4.74 Å². The van der Waals surface area contributed by atoms with E-state index >= 15 is 0 Å². The summed E-state index contributed by atoms with van der Waals surface area (Å²) in [7, 11) is 1.61. The first kappa shape index (κ1) is 18.1. The maximum atomic E-state index is 13.0. The topological polar surface area (TPSA) is 89.9 Å². The quantitative estimate of drug-likeness (QED) is 0.557. The Hall–Kier alpha value is -3.23. The number of nitrogens with one attached hydrogen (secondary N) is 1. The molecular weight excluding hydrogens is 374 g/mol. The van der Waals surface area contributed by atoms with Gasteiger partial charge in [-0.05, 0) is 30.7 Å². The number of ether oxygens (including phenoxy) is 1. The molecule has 4 aromatic rings. The summed E-state index contributed by atoms with van der Waals surface area (Å²) in [5.41, 5.74) is 3.56. The Morgan fingerprint density at radius 1 is 1.21 bits per heavy atom. The molecule has 0 fully saturated rings. The molecular formula is C20H17N5O2S. The zero-order valence-corrected chi connectivity index (χ0v) is 16.1. The van der Waals surface area contributed by atoms with E-state index < -0.39 is 6.10 Å². The summed E-state index contributed by atoms with van der Waals surface area (Å²) >= 11 is 1.39. The Labute approximate surface area is 165 Å². The number of pyridine rings is 1. The molecule has 0 aliphatic rings. The monoisotopic (exact) mass is 391 g/mol. The van der Waals surface area contributed by atoms with Gasteiger partial charge in [-0.1, -0.05) is 6.07 Å². The van der Waals surface area contributed by atoms with Crippen molar-refractivity contribution < 1.29 is 9.53 Å². The van der Waals surface area contributed by atoms with Crippen LogP contribution in [0.1, 0.15) is 33.3 Å². The molecule has 8 heteroatoms. The summed E-state index contributed by atoms with van der Waals surface area (Å²) in [6, 6.07) is 7.52. The van der Waals surface area contributed by atoms with Crippen molar-refractivity contribution in [3.8, 4) is 0 Å². The molecule has 1 unspecified atom stereocenters. The molecule has 1 N–H and O–H groups in total. The van der Waals surface area contributed by atoms with Gasteiger partial charge in [-0.25, -0.2) is 15.0 Å². The van der Waals surface area contributed by atoms with E-state index in [1.54, 1.807) is 31.8 Å². The van der Waals surface area contributed by atoms with Crippen molar-refractivity contribution in [2.24, 2.45) is 0 Å². The molecule has 0 saturated heterocycles. The molecule has 7 nitrogen and oxygen atoms in total. The summed E-state index contributed by atoms with van der Waals surface area (Å²) < 4.78 is 5.69. The van der Waals surface area contributed by atoms with Crippen molar-refractivity contribution in [2.75, 3.05) is 12.4 Å². The lowest BCUT2D eigenvalue weighted by atomic mass is 9.98. The Balaban J connectivity index is 1.80. The van der Waals surface area contributed by atoms with Gasteiger partial charge in [0, 0.05) is 42.0 Å². The number of amides is 1. The maximum absolute atomic E-state index is 13.0. The Morgan fingerprint density at radius 3 is 2.75 bits per heavy atom. The van der Waals surface area contributed by atoms with Crippen LogP contribution in [0.15, 0.2) is 54.6 Å². The van der Waals surface area contributed by atoms with Gasteiger partial charge >= 0.3 is 0 Å². The molecule has 4 rings (SSSR count). The van der Waals surface area contributed by atoms with E-state index in [1.165, 1.54) is 17.7 Å². The number of carbonyl (C=O) groups excluding carboxylic acids is 1. The average Bonchev–Trinajstić information content (AvgIpc) is 3.13. The molecule has 0 aliphatic heterocycles. The molecule has 140 valence electrons. The summed E-state index contributed by atoms with van der Waals surface area (Å²) in [4.78, 5) is 29.8. The van der Waals surface area contributed by atoms with Gasteiger partial charge in [0.25, 0.3) is 5.91 Å². The number of benzene rings is 1. The second kappa shape index (κ2) is 7.79. The first-order valence-corrected chi connectivity index (χ1v) is 9.43. The number of nitrogens with zero attached hydrogens (tertiary/aromatic N) is 4. The average molecular weight is 391 g/mol. The standard InChI is InChI=1S/C20H17N5O2S/c1-12-10-28-20(24-12)25-19(26)16-7-14(6-13-4-3-5-23-17(13)16)18(27-2)15-8-21-11-22-9-15/h3-11,18H,1-2H3,(H,24,25,26). The molecule has 28 heavy (non-hydrogen) atoms. The third-order valence-electron chi connectivity index (χ3n) is 4.23. The van der Waals surface area contributed by atoms with Gasteiger partial charge in [-0.2, -0.15) is 0 Å². The summed E-state index contributed by atoms with van der Waals surface area (Å²) in [5.74, 6) is -0.265. The molecule has 0 bridgehead atoms. The molecule has 0 saturated carbocycles. The van der Waals surface area contributed by atoms with Gasteiger partial charge in [0.2, 0.25) is 0 Å². The molecule has 0 aliphatic carbocycles. The van der Waals surface area contributed by atoms with Gasteiger partial charge < -0.3 is 4.74 Å². The number of thiazole rings is 1. The number of rotatable bonds is 5. The summed E-state index contributed by atoms with van der Waals surface area (Å²) in [6.07, 6.45) is 6.14. The smallest absolute Gasteiger partial charge is 0.259 e. The van der Waals surface area contributed by atoms with Crippen LogP contribution in [0, 0.1) is 6.92 Å². The second-order valence-corrected chi connectivity index (χ2v) is 7.04. The normalized spacial score (nSPS) is 12.1. The molecule has 0 radical (unpaired) electrons. The van der Waals surface area contributed by atoms with E-state index in [-0.39, 0.29) is 5.91 Å². The van der Waals surface area contributed by atoms with Gasteiger partial charge in [0.05, 0.1) is 16.8 Å². The number of aromatic nitrogens is 4. The number of anilines is 1. The van der Waals surface area contributed by atoms with Gasteiger partial charge in [-0.15, -0.1) is 11.3 Å². The number of methoxy groups -OCH3 is 1. The van der Waals surface area contributed by atoms with Gasteiger partial charge in [0.15, 0.2) is 5.13 Å². The third-order valence-corrected chi connectivity index (χ3v) is 5.11. The third kappa shape index (κ3) is 3.60. The van der Waals surface area contributed by atoms with Crippen LogP contribution in [0.25, 0.3) is 10.9 Å². The fourth-order valence-electron chi connectivity index (χ4n) is 3.03. The van der Waals surface area contributed by atoms with Crippen molar-refractivity contribution in [1.29, 1.82) is 0 Å². The van der Waals surface area contributed by atoms with Crippen LogP contribution < -0.4 is 5.32 Å². The highest BCUT2D eigenvalue weighted by Crippen LogP contribution is 2.29. The highest BCUT2D eigenvalue weighted by Gasteiger charge is 2.20. The van der Waals surface area contributed by atoms with Gasteiger partial charge in [-0.3, -0.25) is 15.1 Å². The summed E-state index contributed by atoms with van der Waals surface area (Å²) in [5, 5.41) is 6.14. The SMILES string of the molecule is COC(c1cncnc1)c1cc(C(=O)Nc2nc(C)cs2)c2ncccc2c1. The maximum Gasteiger partial charge on any atom is 0.259 e. The number of hydrogen-bond donors (Lipinski definition) is 1. The highest BCUT2D eigenvalue weighted by atomic mass is 32.1. The first-order chi connectivity index (χ1) is 13.7. The van der Waals surface area contributed by atoms with Crippen LogP contribution in [0.5, 0.6) is 0 Å². The lowest BCUT2D eigenvalue weighted by Gasteiger charge is -2.17. The highest BCUT2D eigenvalue weighted by molar-refractivity contribution is 7.13. The van der Waals surface area contributed by atoms with E-state index in [2.05, 4.69) is 25.3 Å². The van der Waals surface area contributed by atoms with Gasteiger partial charge in [0.1, 0.15) is 12.4 Å². The molecule has 0 spiro atoms. The Morgan fingerprint density at radius 2 is 2.04 bits per heavy atom. The minimum Gasteiger partial charge on any atom is -0.372 e. The van der Waals surface area contributed by atoms with E-state index in [0.717, 1.165) is 22.2 Å². The molecule has 1 amide bonds. The van der Waals surface area contributed by atoms with E-state index in [9.17, 15) is 4.79 Å². The number of fused-ring (bicyclic) bond motifs is 1. The van der Waals surface area contributed by atoms with Crippen LogP contribution >= 0.6 is 11.3 Å². The van der Waals surface area contributed by atoms with Crippen LogP contribution in [-0.4, -0.2) is 33.0 Å². The van der Waals surface area contributed by atoms with Crippen LogP contribution in [0.4, 0.5) is 5.13 Å². The van der Waals surface area contributed by atoms with Crippen LogP contribution in [0.2, 0.25) is 0 Å². The zero-order valence-electron chi connectivity index (χ0n) is 15.3.